The first kappa shape index (κ1) is 15.7. The molecule has 1 heterocycles. The fourth-order valence-corrected chi connectivity index (χ4v) is 2.89. The second kappa shape index (κ2) is 7.96. The third kappa shape index (κ3) is 4.72. The van der Waals surface area contributed by atoms with Gasteiger partial charge in [0.25, 0.3) is 0 Å². The zero-order chi connectivity index (χ0) is 14.4. The fraction of sp³-hybridized carbons (Fsp3) is 0.933. The van der Waals surface area contributed by atoms with Gasteiger partial charge in [-0.3, -0.25) is 9.69 Å². The van der Waals surface area contributed by atoms with E-state index in [-0.39, 0.29) is 11.9 Å². The van der Waals surface area contributed by atoms with Crippen LogP contribution >= 0.6 is 0 Å². The average Bonchev–Trinajstić information content (AvgIpc) is 3.27. The van der Waals surface area contributed by atoms with E-state index in [0.29, 0.717) is 12.1 Å². The predicted octanol–water partition coefficient (Wildman–Crippen LogP) is 0.744. The molecule has 2 rings (SSSR count). The van der Waals surface area contributed by atoms with E-state index in [1.807, 2.05) is 6.92 Å². The normalized spacial score (nSPS) is 25.4. The number of carbonyl (C=O) groups excluding carboxylic acids is 1. The van der Waals surface area contributed by atoms with Crippen molar-refractivity contribution in [1.29, 1.82) is 0 Å². The SMILES string of the molecule is COCCNCC1CCCCN1C(C)C(=O)NC1CC1. The van der Waals surface area contributed by atoms with E-state index in [1.54, 1.807) is 7.11 Å². The van der Waals surface area contributed by atoms with E-state index in [0.717, 1.165) is 39.1 Å². The fourth-order valence-electron chi connectivity index (χ4n) is 2.89. The molecule has 2 atom stereocenters. The molecule has 1 saturated carbocycles. The van der Waals surface area contributed by atoms with Gasteiger partial charge in [0, 0.05) is 32.3 Å². The molecule has 1 saturated heterocycles. The summed E-state index contributed by atoms with van der Waals surface area (Å²) in [4.78, 5) is 14.6. The molecule has 5 nitrogen and oxygen atoms in total. The van der Waals surface area contributed by atoms with E-state index < -0.39 is 0 Å². The summed E-state index contributed by atoms with van der Waals surface area (Å²) in [5.41, 5.74) is 0. The molecule has 2 fully saturated rings. The topological polar surface area (TPSA) is 53.6 Å². The Morgan fingerprint density at radius 1 is 1.35 bits per heavy atom. The number of methoxy groups -OCH3 is 1. The van der Waals surface area contributed by atoms with Gasteiger partial charge in [-0.25, -0.2) is 0 Å². The standard InChI is InChI=1S/C15H29N3O2/c1-12(15(19)17-13-6-7-13)18-9-4-3-5-14(18)11-16-8-10-20-2/h12-14,16H,3-11H2,1-2H3,(H,17,19). The van der Waals surface area contributed by atoms with Crippen molar-refractivity contribution in [1.82, 2.24) is 15.5 Å². The van der Waals surface area contributed by atoms with E-state index in [2.05, 4.69) is 15.5 Å². The van der Waals surface area contributed by atoms with Crippen LogP contribution in [0.25, 0.3) is 0 Å². The molecule has 20 heavy (non-hydrogen) atoms. The van der Waals surface area contributed by atoms with Gasteiger partial charge in [-0.05, 0) is 39.2 Å². The summed E-state index contributed by atoms with van der Waals surface area (Å²) in [5, 5.41) is 6.56. The average molecular weight is 283 g/mol. The maximum absolute atomic E-state index is 12.2. The summed E-state index contributed by atoms with van der Waals surface area (Å²) in [6.07, 6.45) is 5.96. The van der Waals surface area contributed by atoms with Crippen molar-refractivity contribution in [3.63, 3.8) is 0 Å². The Morgan fingerprint density at radius 2 is 2.15 bits per heavy atom. The number of hydrogen-bond donors (Lipinski definition) is 2. The summed E-state index contributed by atoms with van der Waals surface area (Å²) in [6, 6.07) is 0.915. The minimum atomic E-state index is -0.00914. The van der Waals surface area contributed by atoms with Crippen molar-refractivity contribution in [2.45, 2.75) is 57.2 Å². The van der Waals surface area contributed by atoms with E-state index in [1.165, 1.54) is 19.3 Å². The lowest BCUT2D eigenvalue weighted by molar-refractivity contribution is -0.127. The first-order valence-electron chi connectivity index (χ1n) is 7.98. The number of amides is 1. The second-order valence-electron chi connectivity index (χ2n) is 6.04. The van der Waals surface area contributed by atoms with Crippen LogP contribution in [0.3, 0.4) is 0 Å². The van der Waals surface area contributed by atoms with Crippen LogP contribution in [0.2, 0.25) is 0 Å². The number of piperidine rings is 1. The molecule has 0 radical (unpaired) electrons. The third-order valence-electron chi connectivity index (χ3n) is 4.34. The first-order valence-corrected chi connectivity index (χ1v) is 7.98. The minimum absolute atomic E-state index is 0.00914. The van der Waals surface area contributed by atoms with Gasteiger partial charge in [0.15, 0.2) is 0 Å². The highest BCUT2D eigenvalue weighted by Gasteiger charge is 2.32. The maximum Gasteiger partial charge on any atom is 0.237 e. The monoisotopic (exact) mass is 283 g/mol. The summed E-state index contributed by atoms with van der Waals surface area (Å²) in [7, 11) is 1.72. The van der Waals surface area contributed by atoms with E-state index in [9.17, 15) is 4.79 Å². The molecule has 0 aromatic rings. The van der Waals surface area contributed by atoms with Crippen LogP contribution < -0.4 is 10.6 Å². The quantitative estimate of drug-likeness (QED) is 0.645. The number of rotatable bonds is 8. The third-order valence-corrected chi connectivity index (χ3v) is 4.34. The lowest BCUT2D eigenvalue weighted by Crippen LogP contribution is -2.54. The highest BCUT2D eigenvalue weighted by molar-refractivity contribution is 5.81. The van der Waals surface area contributed by atoms with Crippen molar-refractivity contribution >= 4 is 5.91 Å². The predicted molar refractivity (Wildman–Crippen MR) is 79.7 cm³/mol. The van der Waals surface area contributed by atoms with E-state index >= 15 is 0 Å². The summed E-state index contributed by atoms with van der Waals surface area (Å²) in [5.74, 6) is 0.205. The van der Waals surface area contributed by atoms with E-state index in [4.69, 9.17) is 4.74 Å². The van der Waals surface area contributed by atoms with Gasteiger partial charge in [-0.15, -0.1) is 0 Å². The molecule has 1 aliphatic heterocycles. The van der Waals surface area contributed by atoms with Crippen molar-refractivity contribution in [2.75, 3.05) is 33.4 Å². The Balaban J connectivity index is 1.79. The molecule has 2 aliphatic rings. The molecule has 5 heteroatoms. The van der Waals surface area contributed by atoms with Gasteiger partial charge in [-0.1, -0.05) is 6.42 Å². The van der Waals surface area contributed by atoms with Crippen LogP contribution in [-0.2, 0) is 9.53 Å². The van der Waals surface area contributed by atoms with Gasteiger partial charge in [0.2, 0.25) is 5.91 Å². The first-order chi connectivity index (χ1) is 9.72. The van der Waals surface area contributed by atoms with Crippen LogP contribution in [0.4, 0.5) is 0 Å². The highest BCUT2D eigenvalue weighted by Crippen LogP contribution is 2.22. The van der Waals surface area contributed by atoms with Crippen LogP contribution in [0.5, 0.6) is 0 Å². The Labute approximate surface area is 122 Å². The van der Waals surface area contributed by atoms with Gasteiger partial charge < -0.3 is 15.4 Å². The molecule has 0 aromatic carbocycles. The lowest BCUT2D eigenvalue weighted by Gasteiger charge is -2.39. The highest BCUT2D eigenvalue weighted by atomic mass is 16.5. The summed E-state index contributed by atoms with van der Waals surface area (Å²) < 4.78 is 5.05. The Bertz CT molecular complexity index is 307. The van der Waals surface area contributed by atoms with Crippen molar-refractivity contribution in [2.24, 2.45) is 0 Å². The van der Waals surface area contributed by atoms with Crippen LogP contribution in [0.1, 0.15) is 39.0 Å². The number of nitrogens with zero attached hydrogens (tertiary/aromatic N) is 1. The zero-order valence-electron chi connectivity index (χ0n) is 12.9. The molecule has 0 aromatic heterocycles. The summed E-state index contributed by atoms with van der Waals surface area (Å²) >= 11 is 0. The largest absolute Gasteiger partial charge is 0.383 e. The van der Waals surface area contributed by atoms with Gasteiger partial charge in [0.1, 0.15) is 0 Å². The molecular formula is C15H29N3O2. The van der Waals surface area contributed by atoms with Crippen LogP contribution in [0.15, 0.2) is 0 Å². The molecule has 0 spiro atoms. The number of nitrogens with one attached hydrogen (secondary N) is 2. The zero-order valence-corrected chi connectivity index (χ0v) is 12.9. The minimum Gasteiger partial charge on any atom is -0.383 e. The molecule has 2 unspecified atom stereocenters. The summed E-state index contributed by atoms with van der Waals surface area (Å²) in [6.45, 7) is 5.65. The number of likely N-dealkylation sites (tertiary alicyclic amines) is 1. The number of hydrogen-bond acceptors (Lipinski definition) is 4. The van der Waals surface area contributed by atoms with Crippen molar-refractivity contribution in [3.8, 4) is 0 Å². The van der Waals surface area contributed by atoms with Gasteiger partial charge >= 0.3 is 0 Å². The van der Waals surface area contributed by atoms with Gasteiger partial charge in [-0.2, -0.15) is 0 Å². The molecule has 1 aliphatic carbocycles. The number of carbonyl (C=O) groups is 1. The maximum atomic E-state index is 12.2. The Hall–Kier alpha value is -0.650. The second-order valence-corrected chi connectivity index (χ2v) is 6.04. The van der Waals surface area contributed by atoms with Gasteiger partial charge in [0.05, 0.1) is 12.6 Å². The Kier molecular flexibility index (Phi) is 6.26. The lowest BCUT2D eigenvalue weighted by atomic mass is 9.99. The van der Waals surface area contributed by atoms with Crippen LogP contribution in [-0.4, -0.2) is 62.3 Å². The van der Waals surface area contributed by atoms with Crippen molar-refractivity contribution < 1.29 is 9.53 Å². The molecule has 0 bridgehead atoms. The van der Waals surface area contributed by atoms with Crippen molar-refractivity contribution in [3.05, 3.63) is 0 Å². The van der Waals surface area contributed by atoms with Crippen LogP contribution in [0, 0.1) is 0 Å². The molecule has 116 valence electrons. The smallest absolute Gasteiger partial charge is 0.237 e. The Morgan fingerprint density at radius 3 is 2.85 bits per heavy atom. The molecular weight excluding hydrogens is 254 g/mol. The number of ether oxygens (including phenoxy) is 1. The molecule has 2 N–H and O–H groups in total. The molecule has 1 amide bonds.